The molecule has 0 spiro atoms. The van der Waals surface area contributed by atoms with Crippen LogP contribution in [0, 0.1) is 0 Å². The minimum Gasteiger partial charge on any atom is -0.340 e. The average Bonchev–Trinajstić information content (AvgIpc) is 3.04. The normalized spacial score (nSPS) is 11.0. The Bertz CT molecular complexity index is 1080. The Labute approximate surface area is 163 Å². The molecule has 0 fully saturated rings. The Hall–Kier alpha value is -1.85. The number of halogens is 3. The van der Waals surface area contributed by atoms with Crippen molar-refractivity contribution in [3.05, 3.63) is 69.0 Å². The molecule has 124 valence electrons. The molecule has 2 aromatic heterocycles. The second-order valence-electron chi connectivity index (χ2n) is 5.26. The van der Waals surface area contributed by atoms with E-state index in [1.165, 1.54) is 11.3 Å². The lowest BCUT2D eigenvalue weighted by Crippen LogP contribution is -1.99. The van der Waals surface area contributed by atoms with E-state index >= 15 is 0 Å². The SMILES string of the molecule is Clc1ccc(Nc2nc(-c3sccc3Cl)nc3ccccc23)cc1Cl. The topological polar surface area (TPSA) is 37.8 Å². The van der Waals surface area contributed by atoms with Crippen LogP contribution in [0.5, 0.6) is 0 Å². The molecule has 0 bridgehead atoms. The van der Waals surface area contributed by atoms with E-state index < -0.39 is 0 Å². The van der Waals surface area contributed by atoms with E-state index in [1.54, 1.807) is 12.1 Å². The lowest BCUT2D eigenvalue weighted by molar-refractivity contribution is 1.23. The molecule has 0 unspecified atom stereocenters. The summed E-state index contributed by atoms with van der Waals surface area (Å²) in [5.74, 6) is 1.27. The number of para-hydroxylation sites is 1. The maximum atomic E-state index is 6.25. The standard InChI is InChI=1S/C18H10Cl3N3S/c19-12-6-5-10(9-14(12)21)22-17-11-3-1-2-4-15(11)23-18(24-17)16-13(20)7-8-25-16/h1-9H,(H,22,23,24). The molecule has 0 amide bonds. The van der Waals surface area contributed by atoms with Crippen molar-refractivity contribution in [1.29, 1.82) is 0 Å². The number of aromatic nitrogens is 2. The number of hydrogen-bond acceptors (Lipinski definition) is 4. The van der Waals surface area contributed by atoms with Crippen molar-refractivity contribution in [3.8, 4) is 10.7 Å². The maximum Gasteiger partial charge on any atom is 0.173 e. The summed E-state index contributed by atoms with van der Waals surface area (Å²) in [5, 5.41) is 7.75. The predicted octanol–water partition coefficient (Wildman–Crippen LogP) is 7.06. The second-order valence-corrected chi connectivity index (χ2v) is 7.40. The molecule has 2 heterocycles. The van der Waals surface area contributed by atoms with Crippen LogP contribution in [0.4, 0.5) is 11.5 Å². The van der Waals surface area contributed by atoms with Crippen LogP contribution in [-0.2, 0) is 0 Å². The molecule has 0 saturated carbocycles. The van der Waals surface area contributed by atoms with Gasteiger partial charge in [0.25, 0.3) is 0 Å². The van der Waals surface area contributed by atoms with Crippen molar-refractivity contribution in [1.82, 2.24) is 9.97 Å². The highest BCUT2D eigenvalue weighted by Gasteiger charge is 2.13. The van der Waals surface area contributed by atoms with Crippen LogP contribution in [0.1, 0.15) is 0 Å². The van der Waals surface area contributed by atoms with Gasteiger partial charge in [-0.2, -0.15) is 0 Å². The van der Waals surface area contributed by atoms with Gasteiger partial charge in [-0.25, -0.2) is 9.97 Å². The zero-order chi connectivity index (χ0) is 17.4. The quantitative estimate of drug-likeness (QED) is 0.395. The van der Waals surface area contributed by atoms with Crippen molar-refractivity contribution in [2.75, 3.05) is 5.32 Å². The van der Waals surface area contributed by atoms with Gasteiger partial charge in [-0.3, -0.25) is 0 Å². The Morgan fingerprint density at radius 3 is 2.44 bits per heavy atom. The molecule has 1 N–H and O–H groups in total. The molecule has 0 saturated heterocycles. The summed E-state index contributed by atoms with van der Waals surface area (Å²) >= 11 is 19.9. The first kappa shape index (κ1) is 16.6. The maximum absolute atomic E-state index is 6.25. The fourth-order valence-electron chi connectivity index (χ4n) is 2.44. The Balaban J connectivity index is 1.86. The summed E-state index contributed by atoms with van der Waals surface area (Å²) in [6, 6.07) is 15.0. The fraction of sp³-hybridized carbons (Fsp3) is 0. The second kappa shape index (κ2) is 6.81. The van der Waals surface area contributed by atoms with Crippen molar-refractivity contribution in [3.63, 3.8) is 0 Å². The zero-order valence-electron chi connectivity index (χ0n) is 12.6. The van der Waals surface area contributed by atoms with E-state index in [2.05, 4.69) is 15.3 Å². The Morgan fingerprint density at radius 2 is 1.68 bits per heavy atom. The number of nitrogens with zero attached hydrogens (tertiary/aromatic N) is 2. The summed E-state index contributed by atoms with van der Waals surface area (Å²) in [6.07, 6.45) is 0. The van der Waals surface area contributed by atoms with Crippen molar-refractivity contribution in [2.24, 2.45) is 0 Å². The van der Waals surface area contributed by atoms with Gasteiger partial charge in [-0.05, 0) is 41.8 Å². The number of thiophene rings is 1. The average molecular weight is 407 g/mol. The van der Waals surface area contributed by atoms with E-state index in [4.69, 9.17) is 34.8 Å². The van der Waals surface area contributed by atoms with Gasteiger partial charge in [0.1, 0.15) is 5.82 Å². The Kier molecular flexibility index (Phi) is 4.52. The molecular formula is C18H10Cl3N3S. The number of hydrogen-bond donors (Lipinski definition) is 1. The molecule has 25 heavy (non-hydrogen) atoms. The molecule has 0 aliphatic carbocycles. The van der Waals surface area contributed by atoms with E-state index in [9.17, 15) is 0 Å². The van der Waals surface area contributed by atoms with Crippen LogP contribution >= 0.6 is 46.1 Å². The molecule has 0 aliphatic rings. The van der Waals surface area contributed by atoms with Crippen molar-refractivity contribution < 1.29 is 0 Å². The van der Waals surface area contributed by atoms with Gasteiger partial charge >= 0.3 is 0 Å². The van der Waals surface area contributed by atoms with Crippen LogP contribution in [0.3, 0.4) is 0 Å². The number of benzene rings is 2. The van der Waals surface area contributed by atoms with Gasteiger partial charge in [0.2, 0.25) is 0 Å². The first-order chi connectivity index (χ1) is 12.1. The van der Waals surface area contributed by atoms with Gasteiger partial charge in [0.15, 0.2) is 5.82 Å². The van der Waals surface area contributed by atoms with Gasteiger partial charge in [-0.15, -0.1) is 11.3 Å². The molecule has 0 atom stereocenters. The van der Waals surface area contributed by atoms with Crippen molar-refractivity contribution >= 4 is 68.5 Å². The molecule has 7 heteroatoms. The third-order valence-electron chi connectivity index (χ3n) is 3.61. The highest BCUT2D eigenvalue weighted by atomic mass is 35.5. The summed E-state index contributed by atoms with van der Waals surface area (Å²) in [7, 11) is 0. The van der Waals surface area contributed by atoms with Crippen LogP contribution in [0.25, 0.3) is 21.6 Å². The molecule has 3 nitrogen and oxygen atoms in total. The monoisotopic (exact) mass is 405 g/mol. The predicted molar refractivity (Wildman–Crippen MR) is 108 cm³/mol. The third kappa shape index (κ3) is 3.31. The number of rotatable bonds is 3. The van der Waals surface area contributed by atoms with Gasteiger partial charge < -0.3 is 5.32 Å². The largest absolute Gasteiger partial charge is 0.340 e. The van der Waals surface area contributed by atoms with E-state index in [0.717, 1.165) is 21.5 Å². The molecule has 0 aliphatic heterocycles. The van der Waals surface area contributed by atoms with E-state index in [-0.39, 0.29) is 0 Å². The molecular weight excluding hydrogens is 397 g/mol. The zero-order valence-corrected chi connectivity index (χ0v) is 15.7. The Morgan fingerprint density at radius 1 is 0.840 bits per heavy atom. The summed E-state index contributed by atoms with van der Waals surface area (Å²) < 4.78 is 0. The molecule has 4 aromatic rings. The first-order valence-electron chi connectivity index (χ1n) is 7.34. The first-order valence-corrected chi connectivity index (χ1v) is 9.35. The molecule has 0 radical (unpaired) electrons. The van der Waals surface area contributed by atoms with Crippen LogP contribution < -0.4 is 5.32 Å². The van der Waals surface area contributed by atoms with Gasteiger partial charge in [-0.1, -0.05) is 46.9 Å². The third-order valence-corrected chi connectivity index (χ3v) is 5.68. The lowest BCUT2D eigenvalue weighted by atomic mass is 10.2. The number of anilines is 2. The fourth-order valence-corrected chi connectivity index (χ4v) is 3.81. The van der Waals surface area contributed by atoms with Crippen LogP contribution in [-0.4, -0.2) is 9.97 Å². The highest BCUT2D eigenvalue weighted by molar-refractivity contribution is 7.14. The summed E-state index contributed by atoms with van der Waals surface area (Å²) in [6.45, 7) is 0. The minimum absolute atomic E-state index is 0.478. The van der Waals surface area contributed by atoms with Gasteiger partial charge in [0.05, 0.1) is 25.5 Å². The van der Waals surface area contributed by atoms with Gasteiger partial charge in [0, 0.05) is 11.1 Å². The van der Waals surface area contributed by atoms with E-state index in [1.807, 2.05) is 41.8 Å². The number of fused-ring (bicyclic) bond motifs is 1. The lowest BCUT2D eigenvalue weighted by Gasteiger charge is -2.11. The van der Waals surface area contributed by atoms with Crippen molar-refractivity contribution in [2.45, 2.75) is 0 Å². The molecule has 4 rings (SSSR count). The smallest absolute Gasteiger partial charge is 0.173 e. The summed E-state index contributed by atoms with van der Waals surface area (Å²) in [5.41, 5.74) is 1.63. The molecule has 2 aromatic carbocycles. The van der Waals surface area contributed by atoms with Crippen LogP contribution in [0.15, 0.2) is 53.9 Å². The number of nitrogens with one attached hydrogen (secondary N) is 1. The van der Waals surface area contributed by atoms with E-state index in [0.29, 0.717) is 26.7 Å². The minimum atomic E-state index is 0.478. The van der Waals surface area contributed by atoms with Crippen LogP contribution in [0.2, 0.25) is 15.1 Å². The highest BCUT2D eigenvalue weighted by Crippen LogP contribution is 2.34. The summed E-state index contributed by atoms with van der Waals surface area (Å²) in [4.78, 5) is 10.2.